The second kappa shape index (κ2) is 7.12. The molecule has 1 N–H and O–H groups in total. The van der Waals surface area contributed by atoms with Gasteiger partial charge in [0.2, 0.25) is 0 Å². The number of methoxy groups -OCH3 is 1. The molecule has 0 heterocycles. The molecule has 2 rings (SSSR count). The lowest BCUT2D eigenvalue weighted by Crippen LogP contribution is -2.22. The lowest BCUT2D eigenvalue weighted by atomic mass is 10.2. The molecule has 6 heteroatoms. The maximum Gasteiger partial charge on any atom is 0.262 e. The maximum absolute atomic E-state index is 11.8. The van der Waals surface area contributed by atoms with E-state index in [4.69, 9.17) is 9.47 Å². The van der Waals surface area contributed by atoms with Gasteiger partial charge in [0.15, 0.2) is 6.61 Å². The summed E-state index contributed by atoms with van der Waals surface area (Å²) in [6, 6.07) is 12.6. The van der Waals surface area contributed by atoms with E-state index in [9.17, 15) is 14.7 Å². The average molecular weight is 300 g/mol. The van der Waals surface area contributed by atoms with Crippen LogP contribution >= 0.6 is 0 Å². The molecule has 2 aromatic carbocycles. The van der Waals surface area contributed by atoms with Gasteiger partial charge in [0.1, 0.15) is 11.5 Å². The zero-order valence-corrected chi connectivity index (χ0v) is 11.9. The molecule has 22 heavy (non-hydrogen) atoms. The molecule has 0 fully saturated rings. The molecule has 0 radical (unpaired) electrons. The second-order valence-corrected chi connectivity index (χ2v) is 4.38. The molecule has 2 aromatic rings. The first-order valence-electron chi connectivity index (χ1n) is 6.46. The van der Waals surface area contributed by atoms with Crippen LogP contribution in [0.15, 0.2) is 48.5 Å². The Labute approximate surface area is 127 Å². The topological polar surface area (TPSA) is 87.7 Å². The van der Waals surface area contributed by atoms with Crippen LogP contribution in [0.4, 0.5) is 5.69 Å². The Morgan fingerprint density at radius 3 is 2.45 bits per heavy atom. The summed E-state index contributed by atoms with van der Waals surface area (Å²) in [5, 5.41) is 13.3. The van der Waals surface area contributed by atoms with Crippen LogP contribution in [-0.2, 0) is 4.79 Å². The number of carboxylic acid groups (broad SMARTS) is 1. The molecule has 0 saturated carbocycles. The number of carbonyl (C=O) groups is 2. The Morgan fingerprint density at radius 2 is 1.82 bits per heavy atom. The Balaban J connectivity index is 1.88. The van der Waals surface area contributed by atoms with Crippen molar-refractivity contribution >= 4 is 17.6 Å². The highest BCUT2D eigenvalue weighted by molar-refractivity contribution is 5.92. The van der Waals surface area contributed by atoms with Crippen molar-refractivity contribution < 1.29 is 24.2 Å². The summed E-state index contributed by atoms with van der Waals surface area (Å²) >= 11 is 0. The summed E-state index contributed by atoms with van der Waals surface area (Å²) in [6.07, 6.45) is 0. The van der Waals surface area contributed by atoms with Crippen molar-refractivity contribution in [1.82, 2.24) is 0 Å². The number of aromatic carboxylic acids is 1. The highest BCUT2D eigenvalue weighted by Gasteiger charge is 2.05. The number of carboxylic acids is 1. The molecule has 114 valence electrons. The number of nitrogens with one attached hydrogen (secondary N) is 1. The quantitative estimate of drug-likeness (QED) is 0.862. The van der Waals surface area contributed by atoms with Crippen LogP contribution in [0.1, 0.15) is 10.4 Å². The molecule has 0 saturated heterocycles. The SMILES string of the molecule is COc1cccc(NC(=O)COc2ccc(C(=O)[O-])cc2)c1. The molecule has 0 aromatic heterocycles. The van der Waals surface area contributed by atoms with Crippen LogP contribution in [0, 0.1) is 0 Å². The van der Waals surface area contributed by atoms with Gasteiger partial charge in [-0.15, -0.1) is 0 Å². The third-order valence-corrected chi connectivity index (χ3v) is 2.81. The molecular weight excluding hydrogens is 286 g/mol. The summed E-state index contributed by atoms with van der Waals surface area (Å²) in [5.41, 5.74) is 0.647. The van der Waals surface area contributed by atoms with Gasteiger partial charge in [-0.3, -0.25) is 4.79 Å². The lowest BCUT2D eigenvalue weighted by Gasteiger charge is -2.09. The van der Waals surface area contributed by atoms with Crippen LogP contribution < -0.4 is 19.9 Å². The van der Waals surface area contributed by atoms with Crippen LogP contribution in [0.25, 0.3) is 0 Å². The van der Waals surface area contributed by atoms with Crippen LogP contribution in [-0.4, -0.2) is 25.6 Å². The third kappa shape index (κ3) is 4.24. The number of hydrogen-bond donors (Lipinski definition) is 1. The molecule has 0 spiro atoms. The number of hydrogen-bond acceptors (Lipinski definition) is 5. The van der Waals surface area contributed by atoms with Crippen molar-refractivity contribution in [2.75, 3.05) is 19.0 Å². The van der Waals surface area contributed by atoms with E-state index in [1.807, 2.05) is 0 Å². The molecular formula is C16H14NO5-. The number of amides is 1. The monoisotopic (exact) mass is 300 g/mol. The van der Waals surface area contributed by atoms with Crippen LogP contribution in [0.3, 0.4) is 0 Å². The molecule has 0 aliphatic rings. The van der Waals surface area contributed by atoms with Gasteiger partial charge in [0.05, 0.1) is 13.1 Å². The number of benzene rings is 2. The highest BCUT2D eigenvalue weighted by atomic mass is 16.5. The highest BCUT2D eigenvalue weighted by Crippen LogP contribution is 2.17. The molecule has 6 nitrogen and oxygen atoms in total. The fourth-order valence-electron chi connectivity index (χ4n) is 1.73. The largest absolute Gasteiger partial charge is 0.545 e. The minimum absolute atomic E-state index is 0.0492. The first kappa shape index (κ1) is 15.4. The van der Waals surface area contributed by atoms with E-state index in [1.165, 1.54) is 24.3 Å². The predicted molar refractivity (Wildman–Crippen MR) is 77.9 cm³/mol. The smallest absolute Gasteiger partial charge is 0.262 e. The third-order valence-electron chi connectivity index (χ3n) is 2.81. The Bertz CT molecular complexity index is 666. The predicted octanol–water partition coefficient (Wildman–Crippen LogP) is 1.08. The Morgan fingerprint density at radius 1 is 1.09 bits per heavy atom. The van der Waals surface area contributed by atoms with Crippen molar-refractivity contribution in [2.24, 2.45) is 0 Å². The molecule has 0 aliphatic heterocycles. The van der Waals surface area contributed by atoms with Gasteiger partial charge in [-0.25, -0.2) is 0 Å². The van der Waals surface area contributed by atoms with E-state index in [1.54, 1.807) is 31.4 Å². The number of ether oxygens (including phenoxy) is 2. The van der Waals surface area contributed by atoms with Crippen LogP contribution in [0.2, 0.25) is 0 Å². The summed E-state index contributed by atoms with van der Waals surface area (Å²) in [5.74, 6) is -0.568. The molecule has 1 amide bonds. The average Bonchev–Trinajstić information content (AvgIpc) is 2.53. The van der Waals surface area contributed by atoms with Crippen molar-refractivity contribution in [3.05, 3.63) is 54.1 Å². The second-order valence-electron chi connectivity index (χ2n) is 4.38. The molecule has 0 atom stereocenters. The van der Waals surface area contributed by atoms with E-state index >= 15 is 0 Å². The zero-order valence-electron chi connectivity index (χ0n) is 11.9. The van der Waals surface area contributed by atoms with Gasteiger partial charge in [-0.2, -0.15) is 0 Å². The Hall–Kier alpha value is -3.02. The van der Waals surface area contributed by atoms with Crippen molar-refractivity contribution in [1.29, 1.82) is 0 Å². The van der Waals surface area contributed by atoms with E-state index in [-0.39, 0.29) is 18.1 Å². The van der Waals surface area contributed by atoms with E-state index in [2.05, 4.69) is 5.32 Å². The summed E-state index contributed by atoms with van der Waals surface area (Å²) in [7, 11) is 1.54. The van der Waals surface area contributed by atoms with Crippen molar-refractivity contribution in [2.45, 2.75) is 0 Å². The molecule has 0 aliphatic carbocycles. The first-order valence-corrected chi connectivity index (χ1v) is 6.46. The minimum atomic E-state index is -1.26. The first-order chi connectivity index (χ1) is 10.6. The normalized spacial score (nSPS) is 9.86. The van der Waals surface area contributed by atoms with Gasteiger partial charge < -0.3 is 24.7 Å². The van der Waals surface area contributed by atoms with Gasteiger partial charge in [-0.1, -0.05) is 6.07 Å². The van der Waals surface area contributed by atoms with E-state index in [0.717, 1.165) is 0 Å². The summed E-state index contributed by atoms with van der Waals surface area (Å²) in [4.78, 5) is 22.4. The van der Waals surface area contributed by atoms with Gasteiger partial charge in [0.25, 0.3) is 5.91 Å². The Kier molecular flexibility index (Phi) is 4.98. The number of rotatable bonds is 6. The van der Waals surface area contributed by atoms with Crippen LogP contribution in [0.5, 0.6) is 11.5 Å². The van der Waals surface area contributed by atoms with E-state index < -0.39 is 5.97 Å². The summed E-state index contributed by atoms with van der Waals surface area (Å²) in [6.45, 7) is -0.193. The number of anilines is 1. The van der Waals surface area contributed by atoms with Gasteiger partial charge in [0, 0.05) is 11.8 Å². The zero-order chi connectivity index (χ0) is 15.9. The standard InChI is InChI=1S/C16H15NO5/c1-21-14-4-2-3-12(9-14)17-15(18)10-22-13-7-5-11(6-8-13)16(19)20/h2-9H,10H2,1H3,(H,17,18)(H,19,20)/p-1. The summed E-state index contributed by atoms with van der Waals surface area (Å²) < 4.78 is 10.3. The fraction of sp³-hybridized carbons (Fsp3) is 0.125. The lowest BCUT2D eigenvalue weighted by molar-refractivity contribution is -0.255. The fourth-order valence-corrected chi connectivity index (χ4v) is 1.73. The molecule has 0 bridgehead atoms. The number of carbonyl (C=O) groups excluding carboxylic acids is 2. The van der Waals surface area contributed by atoms with Gasteiger partial charge >= 0.3 is 0 Å². The van der Waals surface area contributed by atoms with Crippen molar-refractivity contribution in [3.8, 4) is 11.5 Å². The maximum atomic E-state index is 11.8. The van der Waals surface area contributed by atoms with Gasteiger partial charge in [-0.05, 0) is 42.0 Å². The van der Waals surface area contributed by atoms with E-state index in [0.29, 0.717) is 17.2 Å². The molecule has 0 unspecified atom stereocenters. The minimum Gasteiger partial charge on any atom is -0.545 e. The van der Waals surface area contributed by atoms with Crippen molar-refractivity contribution in [3.63, 3.8) is 0 Å².